The summed E-state index contributed by atoms with van der Waals surface area (Å²) in [6.45, 7) is 4.87. The first-order valence-corrected chi connectivity index (χ1v) is 9.99. The maximum Gasteiger partial charge on any atom is 0.224 e. The molecule has 1 heterocycles. The van der Waals surface area contributed by atoms with E-state index >= 15 is 0 Å². The van der Waals surface area contributed by atoms with Crippen LogP contribution >= 0.6 is 15.9 Å². The maximum atomic E-state index is 13.4. The van der Waals surface area contributed by atoms with Crippen molar-refractivity contribution in [3.8, 4) is 0 Å². The number of carbonyl (C=O) groups excluding carboxylic acids is 1. The van der Waals surface area contributed by atoms with Crippen molar-refractivity contribution in [1.82, 2.24) is 15.1 Å². The van der Waals surface area contributed by atoms with E-state index < -0.39 is 0 Å². The molecule has 144 valence electrons. The van der Waals surface area contributed by atoms with E-state index in [2.05, 4.69) is 50.2 Å². The van der Waals surface area contributed by atoms with Crippen molar-refractivity contribution < 1.29 is 9.18 Å². The molecule has 1 N–H and O–H groups in total. The third-order valence-corrected chi connectivity index (χ3v) is 5.53. The Morgan fingerprint density at radius 3 is 2.52 bits per heavy atom. The van der Waals surface area contributed by atoms with E-state index in [-0.39, 0.29) is 24.2 Å². The molecule has 6 heteroatoms. The van der Waals surface area contributed by atoms with E-state index in [1.165, 1.54) is 6.07 Å². The van der Waals surface area contributed by atoms with Gasteiger partial charge in [0.1, 0.15) is 5.82 Å². The Morgan fingerprint density at radius 2 is 1.85 bits per heavy atom. The Bertz CT molecular complexity index is 763. The molecule has 0 aromatic heterocycles. The van der Waals surface area contributed by atoms with Crippen molar-refractivity contribution in [3.63, 3.8) is 0 Å². The smallest absolute Gasteiger partial charge is 0.224 e. The van der Waals surface area contributed by atoms with Crippen LogP contribution in [0.25, 0.3) is 0 Å². The van der Waals surface area contributed by atoms with Gasteiger partial charge in [0.2, 0.25) is 5.91 Å². The van der Waals surface area contributed by atoms with Gasteiger partial charge in [0.15, 0.2) is 0 Å². The summed E-state index contributed by atoms with van der Waals surface area (Å²) in [5.74, 6) is -0.382. The number of nitrogens with one attached hydrogen (secondary N) is 1. The van der Waals surface area contributed by atoms with Crippen LogP contribution in [-0.2, 0) is 11.2 Å². The van der Waals surface area contributed by atoms with E-state index in [0.29, 0.717) is 4.47 Å². The van der Waals surface area contributed by atoms with Gasteiger partial charge in [0.25, 0.3) is 0 Å². The molecule has 4 nitrogen and oxygen atoms in total. The monoisotopic (exact) mass is 433 g/mol. The minimum absolute atomic E-state index is 0.0588. The van der Waals surface area contributed by atoms with E-state index in [9.17, 15) is 9.18 Å². The summed E-state index contributed by atoms with van der Waals surface area (Å²) in [5, 5.41) is 3.17. The molecule has 1 fully saturated rings. The number of piperazine rings is 1. The van der Waals surface area contributed by atoms with Gasteiger partial charge in [-0.05, 0) is 46.2 Å². The third kappa shape index (κ3) is 5.86. The summed E-state index contributed by atoms with van der Waals surface area (Å²) >= 11 is 3.18. The Hall–Kier alpha value is -1.76. The first-order valence-electron chi connectivity index (χ1n) is 9.20. The number of carbonyl (C=O) groups is 1. The van der Waals surface area contributed by atoms with E-state index in [0.717, 1.165) is 43.9 Å². The molecule has 1 aliphatic rings. The van der Waals surface area contributed by atoms with E-state index in [1.807, 2.05) is 18.2 Å². The number of rotatable bonds is 6. The lowest BCUT2D eigenvalue weighted by Gasteiger charge is -2.35. The van der Waals surface area contributed by atoms with Crippen molar-refractivity contribution in [2.75, 3.05) is 39.8 Å². The molecule has 2 aromatic carbocycles. The van der Waals surface area contributed by atoms with E-state index in [4.69, 9.17) is 0 Å². The summed E-state index contributed by atoms with van der Waals surface area (Å²) in [5.41, 5.74) is 1.89. The fraction of sp³-hybridized carbons (Fsp3) is 0.381. The zero-order valence-corrected chi connectivity index (χ0v) is 17.1. The van der Waals surface area contributed by atoms with Crippen molar-refractivity contribution in [2.45, 2.75) is 12.5 Å². The Kier molecular flexibility index (Phi) is 6.99. The molecule has 0 radical (unpaired) electrons. The molecule has 1 aliphatic heterocycles. The topological polar surface area (TPSA) is 35.6 Å². The molecule has 1 amide bonds. The van der Waals surface area contributed by atoms with Crippen LogP contribution in [0.15, 0.2) is 53.0 Å². The van der Waals surface area contributed by atoms with Crippen LogP contribution in [-0.4, -0.2) is 55.5 Å². The van der Waals surface area contributed by atoms with Gasteiger partial charge in [-0.25, -0.2) is 4.39 Å². The molecule has 1 unspecified atom stereocenters. The van der Waals surface area contributed by atoms with Crippen LogP contribution in [0, 0.1) is 5.82 Å². The minimum atomic E-state index is -0.323. The van der Waals surface area contributed by atoms with Gasteiger partial charge in [0, 0.05) is 32.7 Å². The minimum Gasteiger partial charge on any atom is -0.348 e. The van der Waals surface area contributed by atoms with Crippen molar-refractivity contribution in [2.24, 2.45) is 0 Å². The Morgan fingerprint density at radius 1 is 1.15 bits per heavy atom. The summed E-state index contributed by atoms with van der Waals surface area (Å²) in [7, 11) is 2.13. The second kappa shape index (κ2) is 9.44. The summed E-state index contributed by atoms with van der Waals surface area (Å²) in [6, 6.07) is 14.7. The lowest BCUT2D eigenvalue weighted by atomic mass is 10.0. The largest absolute Gasteiger partial charge is 0.348 e. The van der Waals surface area contributed by atoms with Crippen LogP contribution in [0.3, 0.4) is 0 Å². The van der Waals surface area contributed by atoms with Gasteiger partial charge in [-0.1, -0.05) is 36.4 Å². The molecular formula is C21H25BrFN3O. The quantitative estimate of drug-likeness (QED) is 0.759. The molecule has 3 rings (SSSR count). The standard InChI is InChI=1S/C21H25BrFN3O/c1-25-9-11-26(12-10-25)15-20(17-5-3-2-4-6-17)24-21(27)14-16-7-8-19(23)18(22)13-16/h2-8,13,20H,9-12,14-15H2,1H3,(H,24,27). The number of halogens is 2. The zero-order chi connectivity index (χ0) is 19.2. The average molecular weight is 434 g/mol. The van der Waals surface area contributed by atoms with Crippen molar-refractivity contribution >= 4 is 21.8 Å². The summed E-state index contributed by atoms with van der Waals surface area (Å²) in [6.07, 6.45) is 0.227. The molecular weight excluding hydrogens is 409 g/mol. The van der Waals surface area contributed by atoms with Crippen LogP contribution in [0.2, 0.25) is 0 Å². The molecule has 0 bridgehead atoms. The van der Waals surface area contributed by atoms with E-state index in [1.54, 1.807) is 12.1 Å². The molecule has 0 saturated carbocycles. The van der Waals surface area contributed by atoms with Crippen molar-refractivity contribution in [1.29, 1.82) is 0 Å². The second-order valence-corrected chi connectivity index (χ2v) is 7.91. The van der Waals surface area contributed by atoms with Gasteiger partial charge >= 0.3 is 0 Å². The van der Waals surface area contributed by atoms with Gasteiger partial charge in [-0.2, -0.15) is 0 Å². The van der Waals surface area contributed by atoms with Gasteiger partial charge < -0.3 is 10.2 Å². The molecule has 0 aliphatic carbocycles. The average Bonchev–Trinajstić information content (AvgIpc) is 2.66. The van der Waals surface area contributed by atoms with Crippen molar-refractivity contribution in [3.05, 3.63) is 69.9 Å². The number of hydrogen-bond donors (Lipinski definition) is 1. The predicted molar refractivity (Wildman–Crippen MR) is 109 cm³/mol. The highest BCUT2D eigenvalue weighted by Gasteiger charge is 2.21. The zero-order valence-electron chi connectivity index (χ0n) is 15.5. The Labute approximate surface area is 168 Å². The highest BCUT2D eigenvalue weighted by Crippen LogP contribution is 2.19. The highest BCUT2D eigenvalue weighted by atomic mass is 79.9. The van der Waals surface area contributed by atoms with Crippen LogP contribution in [0.4, 0.5) is 4.39 Å². The lowest BCUT2D eigenvalue weighted by Crippen LogP contribution is -2.48. The summed E-state index contributed by atoms with van der Waals surface area (Å²) in [4.78, 5) is 17.4. The fourth-order valence-corrected chi connectivity index (χ4v) is 3.71. The van der Waals surface area contributed by atoms with Gasteiger partial charge in [-0.15, -0.1) is 0 Å². The Balaban J connectivity index is 1.66. The normalized spacial score (nSPS) is 16.9. The molecule has 1 atom stereocenters. The van der Waals surface area contributed by atoms with Crippen LogP contribution in [0.5, 0.6) is 0 Å². The second-order valence-electron chi connectivity index (χ2n) is 7.06. The SMILES string of the molecule is CN1CCN(CC(NC(=O)Cc2ccc(F)c(Br)c2)c2ccccc2)CC1. The number of nitrogens with zero attached hydrogens (tertiary/aromatic N) is 2. The number of amides is 1. The fourth-order valence-electron chi connectivity index (χ4n) is 3.29. The molecule has 27 heavy (non-hydrogen) atoms. The lowest BCUT2D eigenvalue weighted by molar-refractivity contribution is -0.121. The first-order chi connectivity index (χ1) is 13.0. The first kappa shape index (κ1) is 20.0. The number of hydrogen-bond acceptors (Lipinski definition) is 3. The van der Waals surface area contributed by atoms with Gasteiger partial charge in [0.05, 0.1) is 16.9 Å². The molecule has 1 saturated heterocycles. The summed E-state index contributed by atoms with van der Waals surface area (Å²) < 4.78 is 13.8. The van der Waals surface area contributed by atoms with Crippen LogP contribution < -0.4 is 5.32 Å². The third-order valence-electron chi connectivity index (χ3n) is 4.92. The molecule has 2 aromatic rings. The van der Waals surface area contributed by atoms with Gasteiger partial charge in [-0.3, -0.25) is 9.69 Å². The number of benzene rings is 2. The number of likely N-dealkylation sites (N-methyl/N-ethyl adjacent to an activating group) is 1. The maximum absolute atomic E-state index is 13.4. The highest BCUT2D eigenvalue weighted by molar-refractivity contribution is 9.10. The predicted octanol–water partition coefficient (Wildman–Crippen LogP) is 3.24. The van der Waals surface area contributed by atoms with Crippen LogP contribution in [0.1, 0.15) is 17.2 Å². The molecule has 0 spiro atoms.